The summed E-state index contributed by atoms with van der Waals surface area (Å²) in [6.45, 7) is 7.75. The minimum atomic E-state index is 0.139. The van der Waals surface area contributed by atoms with Crippen molar-refractivity contribution in [2.75, 3.05) is 13.2 Å². The quantitative estimate of drug-likeness (QED) is 0.843. The first-order chi connectivity index (χ1) is 9.02. The first kappa shape index (κ1) is 14.9. The predicted molar refractivity (Wildman–Crippen MR) is 80.7 cm³/mol. The van der Waals surface area contributed by atoms with Gasteiger partial charge < -0.3 is 10.4 Å². The molecule has 0 amide bonds. The lowest BCUT2D eigenvalue weighted by atomic mass is 9.89. The summed E-state index contributed by atoms with van der Waals surface area (Å²) in [7, 11) is 0. The molecular formula is C15H26N2OS. The van der Waals surface area contributed by atoms with Gasteiger partial charge in [-0.1, -0.05) is 13.8 Å². The van der Waals surface area contributed by atoms with Crippen LogP contribution in [0.5, 0.6) is 0 Å². The van der Waals surface area contributed by atoms with Gasteiger partial charge in [0.15, 0.2) is 0 Å². The van der Waals surface area contributed by atoms with Crippen LogP contribution in [0.15, 0.2) is 0 Å². The molecule has 1 unspecified atom stereocenters. The first-order valence-electron chi connectivity index (χ1n) is 7.34. The Labute approximate surface area is 120 Å². The van der Waals surface area contributed by atoms with Crippen molar-refractivity contribution in [3.63, 3.8) is 0 Å². The normalized spacial score (nSPS) is 17.3. The van der Waals surface area contributed by atoms with Crippen molar-refractivity contribution in [3.05, 3.63) is 15.6 Å². The summed E-state index contributed by atoms with van der Waals surface area (Å²) in [5.41, 5.74) is 1.48. The molecule has 0 aromatic carbocycles. The molecule has 1 heterocycles. The van der Waals surface area contributed by atoms with E-state index in [9.17, 15) is 0 Å². The molecule has 1 aliphatic carbocycles. The van der Waals surface area contributed by atoms with Gasteiger partial charge in [-0.15, -0.1) is 11.3 Å². The Morgan fingerprint density at radius 2 is 2.11 bits per heavy atom. The van der Waals surface area contributed by atoms with Crippen LogP contribution >= 0.6 is 11.3 Å². The molecule has 2 N–H and O–H groups in total. The average molecular weight is 282 g/mol. The maximum atomic E-state index is 9.06. The lowest BCUT2D eigenvalue weighted by molar-refractivity contribution is 0.203. The molecule has 0 radical (unpaired) electrons. The number of thiazole rings is 1. The van der Waals surface area contributed by atoms with Gasteiger partial charge in [-0.2, -0.15) is 0 Å². The van der Waals surface area contributed by atoms with Gasteiger partial charge in [0.1, 0.15) is 5.01 Å². The second-order valence-electron chi connectivity index (χ2n) is 6.37. The maximum Gasteiger partial charge on any atom is 0.110 e. The van der Waals surface area contributed by atoms with Crippen LogP contribution < -0.4 is 5.32 Å². The molecule has 19 heavy (non-hydrogen) atoms. The summed E-state index contributed by atoms with van der Waals surface area (Å²) in [6, 6.07) is 0.313. The number of aliphatic hydroxyl groups excluding tert-OH is 1. The van der Waals surface area contributed by atoms with E-state index in [1.165, 1.54) is 34.8 Å². The van der Waals surface area contributed by atoms with Crippen LogP contribution in [0, 0.1) is 5.41 Å². The number of hydrogen-bond donors (Lipinski definition) is 2. The van der Waals surface area contributed by atoms with Gasteiger partial charge in [0, 0.05) is 18.0 Å². The highest BCUT2D eigenvalue weighted by molar-refractivity contribution is 7.11. The summed E-state index contributed by atoms with van der Waals surface area (Å²) in [6.07, 6.45) is 5.83. The average Bonchev–Trinajstić information content (AvgIpc) is 2.79. The maximum absolute atomic E-state index is 9.06. The zero-order chi connectivity index (χ0) is 13.9. The Kier molecular flexibility index (Phi) is 4.98. The first-order valence-corrected chi connectivity index (χ1v) is 8.16. The second kappa shape index (κ2) is 6.33. The SMILES string of the molecule is CC(NCC(C)(C)CCO)c1nc2c(s1)CCCC2. The third kappa shape index (κ3) is 4.01. The van der Waals surface area contributed by atoms with Crippen molar-refractivity contribution in [1.29, 1.82) is 0 Å². The van der Waals surface area contributed by atoms with Crippen molar-refractivity contribution in [2.24, 2.45) is 5.41 Å². The number of nitrogens with one attached hydrogen (secondary N) is 1. The van der Waals surface area contributed by atoms with Gasteiger partial charge in [-0.3, -0.25) is 0 Å². The van der Waals surface area contributed by atoms with Crippen LogP contribution in [0.1, 0.15) is 61.7 Å². The molecule has 0 fully saturated rings. The zero-order valence-electron chi connectivity index (χ0n) is 12.3. The van der Waals surface area contributed by atoms with Crippen LogP contribution in [0.4, 0.5) is 0 Å². The van der Waals surface area contributed by atoms with Crippen LogP contribution in [-0.2, 0) is 12.8 Å². The van der Waals surface area contributed by atoms with Crippen molar-refractivity contribution < 1.29 is 5.11 Å². The summed E-state index contributed by atoms with van der Waals surface area (Å²) >= 11 is 1.88. The minimum Gasteiger partial charge on any atom is -0.396 e. The fraction of sp³-hybridized carbons (Fsp3) is 0.800. The standard InChI is InChI=1S/C15H26N2OS/c1-11(16-10-15(2,3)8-9-18)14-17-12-6-4-5-7-13(12)19-14/h11,16,18H,4-10H2,1-3H3. The molecule has 0 bridgehead atoms. The highest BCUT2D eigenvalue weighted by Gasteiger charge is 2.21. The topological polar surface area (TPSA) is 45.1 Å². The Morgan fingerprint density at radius 1 is 1.37 bits per heavy atom. The van der Waals surface area contributed by atoms with Gasteiger partial charge in [0.05, 0.1) is 11.7 Å². The zero-order valence-corrected chi connectivity index (χ0v) is 13.1. The molecule has 108 valence electrons. The van der Waals surface area contributed by atoms with E-state index >= 15 is 0 Å². The van der Waals surface area contributed by atoms with E-state index in [1.54, 1.807) is 0 Å². The molecule has 0 saturated heterocycles. The fourth-order valence-electron chi connectivity index (χ4n) is 2.46. The van der Waals surface area contributed by atoms with Crippen LogP contribution in [0.3, 0.4) is 0 Å². The van der Waals surface area contributed by atoms with E-state index < -0.39 is 0 Å². The van der Waals surface area contributed by atoms with Crippen LogP contribution in [-0.4, -0.2) is 23.2 Å². The molecule has 1 atom stereocenters. The fourth-order valence-corrected chi connectivity index (χ4v) is 3.65. The second-order valence-corrected chi connectivity index (χ2v) is 7.48. The summed E-state index contributed by atoms with van der Waals surface area (Å²) in [5.74, 6) is 0. The van der Waals surface area contributed by atoms with Gasteiger partial charge in [-0.25, -0.2) is 4.98 Å². The van der Waals surface area contributed by atoms with Gasteiger partial charge in [0.25, 0.3) is 0 Å². The van der Waals surface area contributed by atoms with E-state index in [4.69, 9.17) is 10.1 Å². The minimum absolute atomic E-state index is 0.139. The Bertz CT molecular complexity index is 391. The molecule has 0 saturated carbocycles. The number of nitrogens with zero attached hydrogens (tertiary/aromatic N) is 1. The summed E-state index contributed by atoms with van der Waals surface area (Å²) < 4.78 is 0. The van der Waals surface area contributed by atoms with E-state index in [0.29, 0.717) is 6.04 Å². The van der Waals surface area contributed by atoms with E-state index in [-0.39, 0.29) is 12.0 Å². The Hall–Kier alpha value is -0.450. The molecule has 2 rings (SSSR count). The summed E-state index contributed by atoms with van der Waals surface area (Å²) in [4.78, 5) is 6.31. The van der Waals surface area contributed by atoms with Crippen molar-refractivity contribution in [3.8, 4) is 0 Å². The van der Waals surface area contributed by atoms with Crippen molar-refractivity contribution in [1.82, 2.24) is 10.3 Å². The lowest BCUT2D eigenvalue weighted by Crippen LogP contribution is -2.32. The van der Waals surface area contributed by atoms with Crippen LogP contribution in [0.25, 0.3) is 0 Å². The molecule has 1 aromatic heterocycles. The number of fused-ring (bicyclic) bond motifs is 1. The van der Waals surface area contributed by atoms with E-state index in [0.717, 1.165) is 19.4 Å². The smallest absolute Gasteiger partial charge is 0.110 e. The molecule has 4 heteroatoms. The van der Waals surface area contributed by atoms with Gasteiger partial charge in [-0.05, 0) is 44.4 Å². The molecule has 1 aromatic rings. The lowest BCUT2D eigenvalue weighted by Gasteiger charge is -2.25. The van der Waals surface area contributed by atoms with Gasteiger partial charge >= 0.3 is 0 Å². The monoisotopic (exact) mass is 282 g/mol. The molecular weight excluding hydrogens is 256 g/mol. The molecule has 0 spiro atoms. The van der Waals surface area contributed by atoms with Crippen LogP contribution in [0.2, 0.25) is 0 Å². The highest BCUT2D eigenvalue weighted by Crippen LogP contribution is 2.30. The van der Waals surface area contributed by atoms with E-state index in [1.807, 2.05) is 11.3 Å². The Morgan fingerprint density at radius 3 is 2.79 bits per heavy atom. The largest absolute Gasteiger partial charge is 0.396 e. The molecule has 0 aliphatic heterocycles. The number of aryl methyl sites for hydroxylation is 2. The third-order valence-electron chi connectivity index (χ3n) is 3.91. The number of hydrogen-bond acceptors (Lipinski definition) is 4. The predicted octanol–water partition coefficient (Wildman–Crippen LogP) is 3.08. The molecule has 1 aliphatic rings. The Balaban J connectivity index is 1.92. The van der Waals surface area contributed by atoms with Gasteiger partial charge in [0.2, 0.25) is 0 Å². The number of aliphatic hydroxyl groups is 1. The summed E-state index contributed by atoms with van der Waals surface area (Å²) in [5, 5.41) is 13.9. The molecule has 3 nitrogen and oxygen atoms in total. The third-order valence-corrected chi connectivity index (χ3v) is 5.25. The highest BCUT2D eigenvalue weighted by atomic mass is 32.1. The van der Waals surface area contributed by atoms with Crippen molar-refractivity contribution >= 4 is 11.3 Å². The number of rotatable bonds is 6. The van der Waals surface area contributed by atoms with Crippen molar-refractivity contribution in [2.45, 2.75) is 58.9 Å². The number of aromatic nitrogens is 1. The van der Waals surface area contributed by atoms with E-state index in [2.05, 4.69) is 26.1 Å².